The van der Waals surface area contributed by atoms with Crippen LogP contribution in [-0.2, 0) is 16.3 Å². The van der Waals surface area contributed by atoms with Gasteiger partial charge in [0.2, 0.25) is 0 Å². The molecule has 0 aliphatic carbocycles. The van der Waals surface area contributed by atoms with Crippen LogP contribution in [0.2, 0.25) is 5.02 Å². The molecule has 152 valence electrons. The molecule has 0 spiro atoms. The van der Waals surface area contributed by atoms with E-state index in [9.17, 15) is 18.5 Å². The standard InChI is InChI=1S/C18H21ClN2O6S/c1-4-27-18-8-12(5-6-17(18)26-2)13(11-28(3,24)25)7-15-16(21(22)23)9-14(19)10-20-15/h5-6,8-10,13H,4,7,11H2,1-3H3/t13-/m1/s1. The van der Waals surface area contributed by atoms with Crippen LogP contribution in [-0.4, -0.2) is 44.1 Å². The van der Waals surface area contributed by atoms with Crippen molar-refractivity contribution in [1.82, 2.24) is 4.98 Å². The minimum absolute atomic E-state index is 0.0540. The van der Waals surface area contributed by atoms with Gasteiger partial charge in [-0.3, -0.25) is 15.1 Å². The van der Waals surface area contributed by atoms with Crippen molar-refractivity contribution in [3.05, 3.63) is 56.9 Å². The van der Waals surface area contributed by atoms with Crippen molar-refractivity contribution >= 4 is 27.1 Å². The Bertz CT molecular complexity index is 965. The highest BCUT2D eigenvalue weighted by molar-refractivity contribution is 7.90. The molecule has 0 saturated carbocycles. The number of benzene rings is 1. The van der Waals surface area contributed by atoms with Gasteiger partial charge in [-0.2, -0.15) is 0 Å². The van der Waals surface area contributed by atoms with E-state index in [0.717, 1.165) is 6.26 Å². The quantitative estimate of drug-likeness (QED) is 0.444. The van der Waals surface area contributed by atoms with E-state index < -0.39 is 20.7 Å². The first-order valence-corrected chi connectivity index (χ1v) is 10.9. The number of sulfone groups is 1. The highest BCUT2D eigenvalue weighted by Crippen LogP contribution is 2.34. The van der Waals surface area contributed by atoms with Gasteiger partial charge in [0, 0.05) is 30.9 Å². The summed E-state index contributed by atoms with van der Waals surface area (Å²) in [5.41, 5.74) is 0.571. The number of nitrogens with zero attached hydrogens (tertiary/aromatic N) is 2. The third-order valence-electron chi connectivity index (χ3n) is 4.01. The van der Waals surface area contributed by atoms with Crippen molar-refractivity contribution < 1.29 is 22.8 Å². The molecule has 0 saturated heterocycles. The largest absolute Gasteiger partial charge is 0.493 e. The van der Waals surface area contributed by atoms with E-state index in [4.69, 9.17) is 21.1 Å². The van der Waals surface area contributed by atoms with Crippen molar-refractivity contribution in [2.24, 2.45) is 0 Å². The van der Waals surface area contributed by atoms with Crippen LogP contribution in [0.25, 0.3) is 0 Å². The van der Waals surface area contributed by atoms with E-state index in [1.807, 2.05) is 6.92 Å². The van der Waals surface area contributed by atoms with Crippen LogP contribution in [0.5, 0.6) is 11.5 Å². The molecule has 0 aliphatic heterocycles. The predicted molar refractivity (Wildman–Crippen MR) is 106 cm³/mol. The molecule has 8 nitrogen and oxygen atoms in total. The molecule has 1 aromatic carbocycles. The number of halogens is 1. The molecule has 0 unspecified atom stereocenters. The molecular formula is C18H21ClN2O6S. The van der Waals surface area contributed by atoms with Crippen LogP contribution in [0.1, 0.15) is 24.1 Å². The number of pyridine rings is 1. The lowest BCUT2D eigenvalue weighted by Gasteiger charge is -2.18. The van der Waals surface area contributed by atoms with Gasteiger partial charge in [0.25, 0.3) is 5.69 Å². The topological polar surface area (TPSA) is 109 Å². The van der Waals surface area contributed by atoms with Gasteiger partial charge in [0.1, 0.15) is 15.5 Å². The van der Waals surface area contributed by atoms with Crippen LogP contribution in [0.15, 0.2) is 30.5 Å². The van der Waals surface area contributed by atoms with Crippen molar-refractivity contribution in [2.75, 3.05) is 25.7 Å². The molecule has 0 amide bonds. The van der Waals surface area contributed by atoms with Crippen LogP contribution in [0.3, 0.4) is 0 Å². The molecule has 0 N–H and O–H groups in total. The fourth-order valence-electron chi connectivity index (χ4n) is 2.86. The first-order valence-electron chi connectivity index (χ1n) is 8.41. The summed E-state index contributed by atoms with van der Waals surface area (Å²) in [6.45, 7) is 2.22. The summed E-state index contributed by atoms with van der Waals surface area (Å²) in [5.74, 6) is 0.221. The van der Waals surface area contributed by atoms with Gasteiger partial charge < -0.3 is 9.47 Å². The summed E-state index contributed by atoms with van der Waals surface area (Å²) in [7, 11) is -1.86. The third-order valence-corrected chi connectivity index (χ3v) is 5.23. The van der Waals surface area contributed by atoms with E-state index in [-0.39, 0.29) is 28.6 Å². The van der Waals surface area contributed by atoms with Gasteiger partial charge in [-0.1, -0.05) is 17.7 Å². The smallest absolute Gasteiger partial charge is 0.292 e. The minimum Gasteiger partial charge on any atom is -0.493 e. The van der Waals surface area contributed by atoms with Crippen LogP contribution >= 0.6 is 11.6 Å². The SMILES string of the molecule is CCOc1cc([C@H](Cc2ncc(Cl)cc2[N+](=O)[O-])CS(C)(=O)=O)ccc1OC. The zero-order valence-electron chi connectivity index (χ0n) is 15.7. The Morgan fingerprint density at radius 2 is 2.00 bits per heavy atom. The molecular weight excluding hydrogens is 408 g/mol. The van der Waals surface area contributed by atoms with E-state index >= 15 is 0 Å². The summed E-state index contributed by atoms with van der Waals surface area (Å²) in [4.78, 5) is 14.8. The summed E-state index contributed by atoms with van der Waals surface area (Å²) < 4.78 is 34.8. The number of aromatic nitrogens is 1. The molecule has 0 radical (unpaired) electrons. The highest BCUT2D eigenvalue weighted by Gasteiger charge is 2.25. The van der Waals surface area contributed by atoms with Crippen molar-refractivity contribution in [2.45, 2.75) is 19.3 Å². The monoisotopic (exact) mass is 428 g/mol. The molecule has 1 heterocycles. The maximum absolute atomic E-state index is 12.0. The van der Waals surface area contributed by atoms with Crippen molar-refractivity contribution in [1.29, 1.82) is 0 Å². The highest BCUT2D eigenvalue weighted by atomic mass is 35.5. The molecule has 0 fully saturated rings. The van der Waals surface area contributed by atoms with Crippen molar-refractivity contribution in [3.63, 3.8) is 0 Å². The fraction of sp³-hybridized carbons (Fsp3) is 0.389. The van der Waals surface area contributed by atoms with E-state index in [1.165, 1.54) is 19.4 Å². The first-order chi connectivity index (χ1) is 13.1. The molecule has 28 heavy (non-hydrogen) atoms. The first kappa shape index (κ1) is 21.9. The maximum Gasteiger partial charge on any atom is 0.292 e. The molecule has 0 aliphatic rings. The second-order valence-electron chi connectivity index (χ2n) is 6.21. The zero-order chi connectivity index (χ0) is 20.9. The van der Waals surface area contributed by atoms with Crippen molar-refractivity contribution in [3.8, 4) is 11.5 Å². The Hall–Kier alpha value is -2.39. The predicted octanol–water partition coefficient (Wildman–Crippen LogP) is 3.42. The molecule has 0 bridgehead atoms. The Balaban J connectivity index is 2.50. The maximum atomic E-state index is 12.0. The molecule has 2 aromatic rings. The van der Waals surface area contributed by atoms with Crippen LogP contribution in [0.4, 0.5) is 5.69 Å². The van der Waals surface area contributed by atoms with E-state index in [2.05, 4.69) is 4.98 Å². The lowest BCUT2D eigenvalue weighted by molar-refractivity contribution is -0.385. The van der Waals surface area contributed by atoms with Gasteiger partial charge >= 0.3 is 0 Å². The Kier molecular flexibility index (Phi) is 7.20. The average molecular weight is 429 g/mol. The van der Waals surface area contributed by atoms with Gasteiger partial charge in [0.05, 0.1) is 29.4 Å². The van der Waals surface area contributed by atoms with Gasteiger partial charge in [-0.05, 0) is 24.6 Å². The number of ether oxygens (including phenoxy) is 2. The number of methoxy groups -OCH3 is 1. The second-order valence-corrected chi connectivity index (χ2v) is 8.83. The molecule has 2 rings (SSSR count). The summed E-state index contributed by atoms with van der Waals surface area (Å²) in [6.07, 6.45) is 2.48. The lowest BCUT2D eigenvalue weighted by Crippen LogP contribution is -2.17. The normalized spacial score (nSPS) is 12.4. The number of nitro groups is 1. The minimum atomic E-state index is -3.37. The third kappa shape index (κ3) is 5.80. The van der Waals surface area contributed by atoms with Gasteiger partial charge in [0.15, 0.2) is 11.5 Å². The number of rotatable bonds is 9. The summed E-state index contributed by atoms with van der Waals surface area (Å²) >= 11 is 5.82. The average Bonchev–Trinajstić information content (AvgIpc) is 2.61. The Morgan fingerprint density at radius 3 is 2.57 bits per heavy atom. The molecule has 10 heteroatoms. The van der Waals surface area contributed by atoms with Gasteiger partial charge in [-0.25, -0.2) is 8.42 Å². The lowest BCUT2D eigenvalue weighted by atomic mass is 9.94. The van der Waals surface area contributed by atoms with E-state index in [0.29, 0.717) is 23.7 Å². The Morgan fingerprint density at radius 1 is 1.29 bits per heavy atom. The van der Waals surface area contributed by atoms with E-state index in [1.54, 1.807) is 18.2 Å². The molecule has 1 aromatic heterocycles. The molecule has 1 atom stereocenters. The summed E-state index contributed by atoms with van der Waals surface area (Å²) in [6, 6.07) is 6.30. The number of hydrogen-bond donors (Lipinski definition) is 0. The second kappa shape index (κ2) is 9.20. The zero-order valence-corrected chi connectivity index (χ0v) is 17.3. The Labute approximate surface area is 168 Å². The van der Waals surface area contributed by atoms with Crippen LogP contribution in [0, 0.1) is 10.1 Å². The van der Waals surface area contributed by atoms with Crippen LogP contribution < -0.4 is 9.47 Å². The number of hydrogen-bond acceptors (Lipinski definition) is 7. The van der Waals surface area contributed by atoms with Gasteiger partial charge in [-0.15, -0.1) is 0 Å². The summed E-state index contributed by atoms with van der Waals surface area (Å²) in [5, 5.41) is 11.5. The fourth-order valence-corrected chi connectivity index (χ4v) is 4.05.